The number of hydrogen-bond donors (Lipinski definition) is 1. The quantitative estimate of drug-likeness (QED) is 0.683. The molecule has 0 aromatic heterocycles. The molecule has 0 saturated carbocycles. The number of aliphatic hydroxyl groups is 1. The summed E-state index contributed by atoms with van der Waals surface area (Å²) in [7, 11) is 0. The Morgan fingerprint density at radius 2 is 1.17 bits per heavy atom. The maximum atomic E-state index is 8.51. The number of hydrogen-bond acceptors (Lipinski definition) is 1. The standard InChI is InChI=1S/C10H22O.La/c1-2-3-4-5-6-7-8-9-10-11;/h11H,2-10H2,1H3;. The minimum atomic E-state index is 0. The summed E-state index contributed by atoms with van der Waals surface area (Å²) >= 11 is 0. The molecule has 0 spiro atoms. The summed E-state index contributed by atoms with van der Waals surface area (Å²) in [6, 6.07) is 0. The Labute approximate surface area is 105 Å². The van der Waals surface area contributed by atoms with Crippen molar-refractivity contribution in [3.63, 3.8) is 0 Å². The van der Waals surface area contributed by atoms with Crippen LogP contribution >= 0.6 is 0 Å². The molecule has 0 aliphatic heterocycles. The second-order valence-electron chi connectivity index (χ2n) is 3.20. The minimum absolute atomic E-state index is 0. The van der Waals surface area contributed by atoms with Crippen molar-refractivity contribution in [3.8, 4) is 0 Å². The van der Waals surface area contributed by atoms with E-state index in [0.717, 1.165) is 6.42 Å². The Morgan fingerprint density at radius 1 is 0.750 bits per heavy atom. The molecule has 0 unspecified atom stereocenters. The molecular weight excluding hydrogens is 275 g/mol. The van der Waals surface area contributed by atoms with Crippen LogP contribution in [-0.2, 0) is 0 Å². The fraction of sp³-hybridized carbons (Fsp3) is 1.00. The van der Waals surface area contributed by atoms with Gasteiger partial charge in [0.2, 0.25) is 0 Å². The fourth-order valence-electron chi connectivity index (χ4n) is 1.25. The zero-order valence-corrected chi connectivity index (χ0v) is 12.0. The zero-order chi connectivity index (χ0) is 8.36. The Hall–Kier alpha value is 1.15. The van der Waals surface area contributed by atoms with Crippen LogP contribution < -0.4 is 0 Å². The minimum Gasteiger partial charge on any atom is -0.396 e. The van der Waals surface area contributed by atoms with E-state index in [0.29, 0.717) is 6.61 Å². The van der Waals surface area contributed by atoms with Gasteiger partial charge in [-0.1, -0.05) is 51.9 Å². The molecule has 1 nitrogen and oxygen atoms in total. The molecule has 0 aromatic carbocycles. The Balaban J connectivity index is 0. The van der Waals surface area contributed by atoms with Crippen LogP contribution in [-0.4, -0.2) is 11.7 Å². The first-order chi connectivity index (χ1) is 5.41. The van der Waals surface area contributed by atoms with Crippen LogP contribution in [0.2, 0.25) is 0 Å². The molecule has 1 N–H and O–H groups in total. The maximum Gasteiger partial charge on any atom is 0.0431 e. The van der Waals surface area contributed by atoms with Gasteiger partial charge in [-0.3, -0.25) is 0 Å². The van der Waals surface area contributed by atoms with Gasteiger partial charge in [-0.2, -0.15) is 0 Å². The predicted octanol–water partition coefficient (Wildman–Crippen LogP) is 3.12. The zero-order valence-electron chi connectivity index (χ0n) is 8.39. The summed E-state index contributed by atoms with van der Waals surface area (Å²) in [5.74, 6) is 0. The smallest absolute Gasteiger partial charge is 0.0431 e. The van der Waals surface area contributed by atoms with Gasteiger partial charge in [-0.15, -0.1) is 0 Å². The van der Waals surface area contributed by atoms with Crippen LogP contribution in [0.15, 0.2) is 0 Å². The summed E-state index contributed by atoms with van der Waals surface area (Å²) < 4.78 is 0. The van der Waals surface area contributed by atoms with Gasteiger partial charge in [0, 0.05) is 42.2 Å². The van der Waals surface area contributed by atoms with Gasteiger partial charge in [0.1, 0.15) is 0 Å². The van der Waals surface area contributed by atoms with Crippen LogP contribution in [0.1, 0.15) is 58.3 Å². The average molecular weight is 297 g/mol. The van der Waals surface area contributed by atoms with Gasteiger partial charge in [-0.25, -0.2) is 0 Å². The molecule has 0 rings (SSSR count). The van der Waals surface area contributed by atoms with E-state index in [1.807, 2.05) is 0 Å². The average Bonchev–Trinajstić information content (AvgIpc) is 2.03. The molecule has 0 bridgehead atoms. The van der Waals surface area contributed by atoms with E-state index in [4.69, 9.17) is 5.11 Å². The van der Waals surface area contributed by atoms with Gasteiger partial charge in [-0.05, 0) is 6.42 Å². The molecule has 0 heterocycles. The van der Waals surface area contributed by atoms with Crippen molar-refractivity contribution in [1.29, 1.82) is 0 Å². The van der Waals surface area contributed by atoms with Crippen molar-refractivity contribution in [3.05, 3.63) is 0 Å². The van der Waals surface area contributed by atoms with Gasteiger partial charge in [0.15, 0.2) is 0 Å². The molecule has 1 radical (unpaired) electrons. The number of unbranched alkanes of at least 4 members (excludes halogenated alkanes) is 7. The van der Waals surface area contributed by atoms with Crippen molar-refractivity contribution in [2.45, 2.75) is 58.3 Å². The Bertz CT molecular complexity index is 58.9. The van der Waals surface area contributed by atoms with Crippen molar-refractivity contribution < 1.29 is 40.7 Å². The fourth-order valence-corrected chi connectivity index (χ4v) is 1.25. The van der Waals surface area contributed by atoms with Crippen molar-refractivity contribution in [2.75, 3.05) is 6.61 Å². The SMILES string of the molecule is CCCCCCCCCCO.[La]. The first kappa shape index (κ1) is 15.6. The van der Waals surface area contributed by atoms with E-state index in [9.17, 15) is 0 Å². The third-order valence-electron chi connectivity index (χ3n) is 2.01. The van der Waals surface area contributed by atoms with Gasteiger partial charge in [0.05, 0.1) is 0 Å². The monoisotopic (exact) mass is 297 g/mol. The van der Waals surface area contributed by atoms with Crippen LogP contribution in [0.4, 0.5) is 0 Å². The molecule has 71 valence electrons. The van der Waals surface area contributed by atoms with Gasteiger partial charge >= 0.3 is 0 Å². The third kappa shape index (κ3) is 13.7. The van der Waals surface area contributed by atoms with E-state index >= 15 is 0 Å². The van der Waals surface area contributed by atoms with Crippen molar-refractivity contribution in [2.24, 2.45) is 0 Å². The molecule has 0 aliphatic carbocycles. The van der Waals surface area contributed by atoms with Crippen molar-refractivity contribution >= 4 is 0 Å². The molecule has 0 fully saturated rings. The molecule has 0 amide bonds. The van der Waals surface area contributed by atoms with Crippen molar-refractivity contribution in [1.82, 2.24) is 0 Å². The molecule has 0 aliphatic rings. The molecule has 12 heavy (non-hydrogen) atoms. The Kier molecular flexibility index (Phi) is 19.1. The van der Waals surface area contributed by atoms with E-state index in [-0.39, 0.29) is 35.6 Å². The largest absolute Gasteiger partial charge is 0.396 e. The predicted molar refractivity (Wildman–Crippen MR) is 49.7 cm³/mol. The van der Waals surface area contributed by atoms with Crippen LogP contribution in [0.3, 0.4) is 0 Å². The molecule has 0 aromatic rings. The summed E-state index contributed by atoms with van der Waals surface area (Å²) in [6.45, 7) is 2.61. The second-order valence-corrected chi connectivity index (χ2v) is 3.20. The van der Waals surface area contributed by atoms with E-state index in [2.05, 4.69) is 6.92 Å². The molecule has 0 saturated heterocycles. The topological polar surface area (TPSA) is 20.2 Å². The van der Waals surface area contributed by atoms with E-state index in [1.165, 1.54) is 44.9 Å². The first-order valence-corrected chi connectivity index (χ1v) is 5.02. The van der Waals surface area contributed by atoms with Crippen LogP contribution in [0.25, 0.3) is 0 Å². The van der Waals surface area contributed by atoms with E-state index < -0.39 is 0 Å². The summed E-state index contributed by atoms with van der Waals surface area (Å²) in [4.78, 5) is 0. The Morgan fingerprint density at radius 3 is 1.58 bits per heavy atom. The van der Waals surface area contributed by atoms with E-state index in [1.54, 1.807) is 0 Å². The number of aliphatic hydroxyl groups excluding tert-OH is 1. The second kappa shape index (κ2) is 14.7. The molecule has 2 heteroatoms. The first-order valence-electron chi connectivity index (χ1n) is 5.02. The van der Waals surface area contributed by atoms with Crippen LogP contribution in [0.5, 0.6) is 0 Å². The summed E-state index contributed by atoms with van der Waals surface area (Å²) in [5, 5.41) is 8.51. The van der Waals surface area contributed by atoms with Gasteiger partial charge in [0.25, 0.3) is 0 Å². The summed E-state index contributed by atoms with van der Waals surface area (Å²) in [5.41, 5.74) is 0. The molecule has 0 atom stereocenters. The third-order valence-corrected chi connectivity index (χ3v) is 2.01. The normalized spacial score (nSPS) is 9.50. The van der Waals surface area contributed by atoms with Crippen LogP contribution in [0, 0.1) is 35.6 Å². The number of rotatable bonds is 8. The maximum absolute atomic E-state index is 8.51. The van der Waals surface area contributed by atoms with Gasteiger partial charge < -0.3 is 5.11 Å². The molecular formula is C10H22LaO. The summed E-state index contributed by atoms with van der Waals surface area (Å²) in [6.07, 6.45) is 10.4.